The van der Waals surface area contributed by atoms with Crippen molar-refractivity contribution in [3.63, 3.8) is 0 Å². The Bertz CT molecular complexity index is 464. The Morgan fingerprint density at radius 2 is 2.06 bits per heavy atom. The van der Waals surface area contributed by atoms with Crippen molar-refractivity contribution in [1.29, 1.82) is 0 Å². The van der Waals surface area contributed by atoms with Crippen molar-refractivity contribution in [2.24, 2.45) is 0 Å². The first-order valence-corrected chi connectivity index (χ1v) is 7.81. The van der Waals surface area contributed by atoms with E-state index in [4.69, 9.17) is 9.47 Å². The number of sulfonamides is 1. The summed E-state index contributed by atoms with van der Waals surface area (Å²) in [7, 11) is -1.81. The topological polar surface area (TPSA) is 64.6 Å². The Balaban J connectivity index is 2.40. The van der Waals surface area contributed by atoms with E-state index < -0.39 is 10.0 Å². The molecule has 0 aromatic heterocycles. The second kappa shape index (κ2) is 7.73. The van der Waals surface area contributed by atoms with Gasteiger partial charge in [0.2, 0.25) is 10.0 Å². The monoisotopic (exact) mass is 337 g/mol. The van der Waals surface area contributed by atoms with E-state index in [1.54, 1.807) is 25.3 Å². The largest absolute Gasteiger partial charge is 0.382 e. The van der Waals surface area contributed by atoms with Crippen LogP contribution in [0, 0.1) is 0 Å². The predicted molar refractivity (Wildman–Crippen MR) is 74.2 cm³/mol. The Labute approximate surface area is 116 Å². The van der Waals surface area contributed by atoms with Crippen LogP contribution in [0.2, 0.25) is 0 Å². The van der Waals surface area contributed by atoms with Gasteiger partial charge in [0.25, 0.3) is 0 Å². The van der Waals surface area contributed by atoms with E-state index in [1.807, 2.05) is 6.07 Å². The van der Waals surface area contributed by atoms with Gasteiger partial charge in [-0.15, -0.1) is 0 Å². The molecule has 0 aliphatic heterocycles. The number of hydrogen-bond acceptors (Lipinski definition) is 4. The molecular formula is C11H16BrNO4S. The molecule has 1 aromatic carbocycles. The van der Waals surface area contributed by atoms with Crippen LogP contribution in [0.25, 0.3) is 0 Å². The summed E-state index contributed by atoms with van der Waals surface area (Å²) in [6.07, 6.45) is 0. The number of halogens is 1. The molecule has 0 amide bonds. The lowest BCUT2D eigenvalue weighted by molar-refractivity contribution is 0.0785. The zero-order valence-corrected chi connectivity index (χ0v) is 12.5. The SMILES string of the molecule is COCCOCCS(=O)(=O)Nc1cccc(Br)c1. The lowest BCUT2D eigenvalue weighted by atomic mass is 10.3. The molecule has 5 nitrogen and oxygen atoms in total. The molecule has 0 aliphatic rings. The maximum atomic E-state index is 11.7. The van der Waals surface area contributed by atoms with Gasteiger partial charge >= 0.3 is 0 Å². The molecule has 0 atom stereocenters. The highest BCUT2D eigenvalue weighted by Gasteiger charge is 2.10. The summed E-state index contributed by atoms with van der Waals surface area (Å²) in [6, 6.07) is 6.97. The van der Waals surface area contributed by atoms with Gasteiger partial charge in [-0.1, -0.05) is 22.0 Å². The maximum absolute atomic E-state index is 11.7. The van der Waals surface area contributed by atoms with E-state index >= 15 is 0 Å². The van der Waals surface area contributed by atoms with Gasteiger partial charge in [-0.3, -0.25) is 4.72 Å². The molecule has 0 spiro atoms. The first kappa shape index (κ1) is 15.4. The second-order valence-electron chi connectivity index (χ2n) is 3.54. The third-order valence-corrected chi connectivity index (χ3v) is 3.77. The van der Waals surface area contributed by atoms with Gasteiger partial charge in [-0.25, -0.2) is 8.42 Å². The van der Waals surface area contributed by atoms with Gasteiger partial charge in [-0.05, 0) is 18.2 Å². The van der Waals surface area contributed by atoms with E-state index in [2.05, 4.69) is 20.7 Å². The van der Waals surface area contributed by atoms with Crippen LogP contribution in [0.15, 0.2) is 28.7 Å². The average molecular weight is 338 g/mol. The molecule has 0 heterocycles. The number of benzene rings is 1. The van der Waals surface area contributed by atoms with Gasteiger partial charge in [0.1, 0.15) is 0 Å². The lowest BCUT2D eigenvalue weighted by Gasteiger charge is -2.08. The fourth-order valence-electron chi connectivity index (χ4n) is 1.20. The molecule has 0 radical (unpaired) electrons. The summed E-state index contributed by atoms with van der Waals surface area (Å²) in [5, 5.41) is 0. The molecule has 0 bridgehead atoms. The Kier molecular flexibility index (Phi) is 6.62. The third-order valence-electron chi connectivity index (χ3n) is 2.03. The molecule has 0 fully saturated rings. The molecule has 0 unspecified atom stereocenters. The predicted octanol–water partition coefficient (Wildman–Crippen LogP) is 1.85. The number of rotatable bonds is 8. The minimum Gasteiger partial charge on any atom is -0.382 e. The van der Waals surface area contributed by atoms with E-state index in [0.717, 1.165) is 4.47 Å². The van der Waals surface area contributed by atoms with Gasteiger partial charge in [-0.2, -0.15) is 0 Å². The molecular weight excluding hydrogens is 322 g/mol. The van der Waals surface area contributed by atoms with Crippen LogP contribution in [0.4, 0.5) is 5.69 Å². The highest BCUT2D eigenvalue weighted by atomic mass is 79.9. The third kappa shape index (κ3) is 6.34. The second-order valence-corrected chi connectivity index (χ2v) is 6.29. The summed E-state index contributed by atoms with van der Waals surface area (Å²) < 4.78 is 36.6. The van der Waals surface area contributed by atoms with Crippen LogP contribution in [-0.2, 0) is 19.5 Å². The van der Waals surface area contributed by atoms with Gasteiger partial charge in [0.05, 0.1) is 25.6 Å². The highest BCUT2D eigenvalue weighted by Crippen LogP contribution is 2.16. The van der Waals surface area contributed by atoms with Crippen LogP contribution in [0.5, 0.6) is 0 Å². The molecule has 7 heteroatoms. The Morgan fingerprint density at radius 3 is 2.72 bits per heavy atom. The van der Waals surface area contributed by atoms with E-state index in [0.29, 0.717) is 18.9 Å². The maximum Gasteiger partial charge on any atom is 0.235 e. The van der Waals surface area contributed by atoms with Crippen LogP contribution < -0.4 is 4.72 Å². The molecule has 1 N–H and O–H groups in total. The summed E-state index contributed by atoms with van der Waals surface area (Å²) in [5.74, 6) is -0.0801. The van der Waals surface area contributed by atoms with Gasteiger partial charge < -0.3 is 9.47 Å². The number of anilines is 1. The number of methoxy groups -OCH3 is 1. The van der Waals surface area contributed by atoms with Crippen LogP contribution in [-0.4, -0.2) is 41.1 Å². The Hall–Kier alpha value is -0.630. The van der Waals surface area contributed by atoms with Crippen molar-refractivity contribution < 1.29 is 17.9 Å². The smallest absolute Gasteiger partial charge is 0.235 e. The van der Waals surface area contributed by atoms with Crippen molar-refractivity contribution in [3.05, 3.63) is 28.7 Å². The van der Waals surface area contributed by atoms with E-state index in [-0.39, 0.29) is 12.4 Å². The van der Waals surface area contributed by atoms with Crippen molar-refractivity contribution in [2.75, 3.05) is 37.4 Å². The van der Waals surface area contributed by atoms with Crippen LogP contribution in [0.1, 0.15) is 0 Å². The first-order valence-electron chi connectivity index (χ1n) is 5.36. The summed E-state index contributed by atoms with van der Waals surface area (Å²) in [6.45, 7) is 0.995. The molecule has 0 aliphatic carbocycles. The van der Waals surface area contributed by atoms with Crippen LogP contribution >= 0.6 is 15.9 Å². The van der Waals surface area contributed by atoms with Crippen molar-refractivity contribution in [2.45, 2.75) is 0 Å². The number of ether oxygens (including phenoxy) is 2. The minimum absolute atomic E-state index is 0.0801. The normalized spacial score (nSPS) is 11.4. The summed E-state index contributed by atoms with van der Waals surface area (Å²) in [5.41, 5.74) is 0.529. The lowest BCUT2D eigenvalue weighted by Crippen LogP contribution is -2.20. The number of hydrogen-bond donors (Lipinski definition) is 1. The number of nitrogens with one attached hydrogen (secondary N) is 1. The van der Waals surface area contributed by atoms with Crippen molar-refractivity contribution >= 4 is 31.6 Å². The molecule has 1 rings (SSSR count). The quantitative estimate of drug-likeness (QED) is 0.735. The Morgan fingerprint density at radius 1 is 1.28 bits per heavy atom. The van der Waals surface area contributed by atoms with Crippen molar-refractivity contribution in [3.8, 4) is 0 Å². The molecule has 1 aromatic rings. The zero-order chi connectivity index (χ0) is 13.4. The van der Waals surface area contributed by atoms with E-state index in [1.165, 1.54) is 0 Å². The molecule has 18 heavy (non-hydrogen) atoms. The highest BCUT2D eigenvalue weighted by molar-refractivity contribution is 9.10. The summed E-state index contributed by atoms with van der Waals surface area (Å²) in [4.78, 5) is 0. The van der Waals surface area contributed by atoms with Crippen LogP contribution in [0.3, 0.4) is 0 Å². The van der Waals surface area contributed by atoms with E-state index in [9.17, 15) is 8.42 Å². The molecule has 0 saturated carbocycles. The zero-order valence-electron chi connectivity index (χ0n) is 10.1. The average Bonchev–Trinajstić information content (AvgIpc) is 2.28. The molecule has 0 saturated heterocycles. The summed E-state index contributed by atoms with van der Waals surface area (Å²) >= 11 is 3.28. The van der Waals surface area contributed by atoms with Crippen molar-refractivity contribution in [1.82, 2.24) is 0 Å². The minimum atomic E-state index is -3.38. The first-order chi connectivity index (χ1) is 8.53. The van der Waals surface area contributed by atoms with Gasteiger partial charge in [0.15, 0.2) is 0 Å². The molecule has 102 valence electrons. The standard InChI is InChI=1S/C11H16BrNO4S/c1-16-5-6-17-7-8-18(14,15)13-11-4-2-3-10(12)9-11/h2-4,9,13H,5-8H2,1H3. The fourth-order valence-corrected chi connectivity index (χ4v) is 2.52. The van der Waals surface area contributed by atoms with Gasteiger partial charge in [0, 0.05) is 17.3 Å². The fraction of sp³-hybridized carbons (Fsp3) is 0.455.